The van der Waals surface area contributed by atoms with E-state index < -0.39 is 0 Å². The van der Waals surface area contributed by atoms with E-state index in [-0.39, 0.29) is 23.4 Å². The van der Waals surface area contributed by atoms with Gasteiger partial charge in [-0.25, -0.2) is 4.68 Å². The monoisotopic (exact) mass is 407 g/mol. The smallest absolute Gasteiger partial charge is 0.276 e. The third-order valence-electron chi connectivity index (χ3n) is 5.29. The summed E-state index contributed by atoms with van der Waals surface area (Å²) in [6, 6.07) is 12.0. The molecule has 2 atom stereocenters. The van der Waals surface area contributed by atoms with Crippen molar-refractivity contribution in [1.29, 1.82) is 0 Å². The van der Waals surface area contributed by atoms with Gasteiger partial charge in [0.25, 0.3) is 5.56 Å². The number of rotatable bonds is 8. The van der Waals surface area contributed by atoms with Crippen molar-refractivity contribution in [3.05, 3.63) is 64.1 Å². The number of nitrogens with one attached hydrogen (secondary N) is 1. The molecule has 0 radical (unpaired) electrons. The Hall–Kier alpha value is -3.06. The first-order valence-electron chi connectivity index (χ1n) is 10.1. The summed E-state index contributed by atoms with van der Waals surface area (Å²) in [6.07, 6.45) is 2.99. The molecule has 30 heavy (non-hydrogen) atoms. The van der Waals surface area contributed by atoms with Gasteiger partial charge in [0.1, 0.15) is 11.3 Å². The molecule has 0 fully saturated rings. The molecule has 0 aliphatic heterocycles. The van der Waals surface area contributed by atoms with E-state index in [0.717, 1.165) is 17.5 Å². The number of pyridine rings is 1. The Balaban J connectivity index is 1.88. The van der Waals surface area contributed by atoms with Crippen molar-refractivity contribution in [2.45, 2.75) is 38.8 Å². The Bertz CT molecular complexity index is 1090. The normalized spacial score (nSPS) is 13.4. The lowest BCUT2D eigenvalue weighted by Gasteiger charge is -2.31. The summed E-state index contributed by atoms with van der Waals surface area (Å²) in [5, 5.41) is 8.42. The van der Waals surface area contributed by atoms with E-state index >= 15 is 0 Å². The largest absolute Gasteiger partial charge is 0.362 e. The number of Topliss-reactive ketones (excluding diaryl/α,β-unsaturated/α-hetero) is 1. The predicted octanol–water partition coefficient (Wildman–Crippen LogP) is 2.95. The summed E-state index contributed by atoms with van der Waals surface area (Å²) in [5.41, 5.74) is 2.72. The number of carbonyl (C=O) groups excluding carboxylic acids is 1. The Morgan fingerprint density at radius 3 is 2.53 bits per heavy atom. The fourth-order valence-electron chi connectivity index (χ4n) is 3.81. The number of hydrogen-bond donors (Lipinski definition) is 1. The van der Waals surface area contributed by atoms with Gasteiger partial charge in [0.2, 0.25) is 0 Å². The predicted molar refractivity (Wildman–Crippen MR) is 120 cm³/mol. The van der Waals surface area contributed by atoms with Gasteiger partial charge in [-0.2, -0.15) is 5.10 Å². The number of hydrogen-bond acceptors (Lipinski definition) is 6. The van der Waals surface area contributed by atoms with Crippen molar-refractivity contribution in [1.82, 2.24) is 19.7 Å². The highest BCUT2D eigenvalue weighted by atomic mass is 16.1. The zero-order chi connectivity index (χ0) is 21.8. The van der Waals surface area contributed by atoms with Gasteiger partial charge in [-0.3, -0.25) is 9.78 Å². The highest BCUT2D eigenvalue weighted by molar-refractivity contribution is 5.87. The average Bonchev–Trinajstić information content (AvgIpc) is 2.71. The summed E-state index contributed by atoms with van der Waals surface area (Å²) in [6.45, 7) is 3.71. The van der Waals surface area contributed by atoms with Gasteiger partial charge in [-0.15, -0.1) is 0 Å². The summed E-state index contributed by atoms with van der Waals surface area (Å²) in [5.74, 6) is 0.791. The molecule has 7 nitrogen and oxygen atoms in total. The first-order chi connectivity index (χ1) is 14.3. The molecular weight excluding hydrogens is 378 g/mol. The third kappa shape index (κ3) is 4.74. The molecule has 1 N–H and O–H groups in total. The van der Waals surface area contributed by atoms with E-state index in [4.69, 9.17) is 0 Å². The fraction of sp³-hybridized carbons (Fsp3) is 0.391. The van der Waals surface area contributed by atoms with Gasteiger partial charge in [0, 0.05) is 25.7 Å². The van der Waals surface area contributed by atoms with Crippen LogP contribution in [0.25, 0.3) is 10.9 Å². The molecule has 2 heterocycles. The van der Waals surface area contributed by atoms with Gasteiger partial charge >= 0.3 is 0 Å². The van der Waals surface area contributed by atoms with E-state index in [1.807, 2.05) is 14.1 Å². The van der Waals surface area contributed by atoms with Crippen LogP contribution in [0.5, 0.6) is 0 Å². The van der Waals surface area contributed by atoms with Crippen LogP contribution >= 0.6 is 0 Å². The van der Waals surface area contributed by atoms with Gasteiger partial charge < -0.3 is 15.0 Å². The molecule has 0 spiro atoms. The van der Waals surface area contributed by atoms with Crippen LogP contribution < -0.4 is 10.9 Å². The molecule has 3 rings (SSSR count). The third-order valence-corrected chi connectivity index (χ3v) is 5.29. The second kappa shape index (κ2) is 9.17. The van der Waals surface area contributed by atoms with E-state index in [9.17, 15) is 9.59 Å². The Labute approximate surface area is 176 Å². The number of benzene rings is 1. The molecule has 0 saturated heterocycles. The molecule has 0 aliphatic rings. The molecule has 3 aromatic rings. The van der Waals surface area contributed by atoms with Crippen LogP contribution in [0, 0.1) is 0 Å². The fourth-order valence-corrected chi connectivity index (χ4v) is 3.81. The minimum absolute atomic E-state index is 0.00159. The van der Waals surface area contributed by atoms with Crippen molar-refractivity contribution in [2.24, 2.45) is 7.05 Å². The highest BCUT2D eigenvalue weighted by Crippen LogP contribution is 2.26. The van der Waals surface area contributed by atoms with Crippen LogP contribution in [0.4, 0.5) is 5.82 Å². The quantitative estimate of drug-likeness (QED) is 0.618. The maximum atomic E-state index is 12.4. The SMILES string of the molecule is CC(=O)CCc1ccc([C@@H]([C@H](C)Nc2nn(C)c(=O)c3cccnc23)N(C)C)cc1. The van der Waals surface area contributed by atoms with Gasteiger partial charge in [-0.05, 0) is 57.6 Å². The Morgan fingerprint density at radius 1 is 1.20 bits per heavy atom. The zero-order valence-electron chi connectivity index (χ0n) is 18.2. The number of ketones is 1. The molecule has 0 amide bonds. The maximum absolute atomic E-state index is 12.4. The molecule has 1 aromatic carbocycles. The molecular formula is C23H29N5O2. The van der Waals surface area contributed by atoms with E-state index in [1.165, 1.54) is 4.68 Å². The molecule has 0 saturated carbocycles. The van der Waals surface area contributed by atoms with E-state index in [2.05, 4.69) is 51.5 Å². The lowest BCUT2D eigenvalue weighted by molar-refractivity contribution is -0.116. The molecule has 7 heteroatoms. The molecule has 0 aliphatic carbocycles. The molecule has 0 bridgehead atoms. The first kappa shape index (κ1) is 21.6. The van der Waals surface area contributed by atoms with Crippen molar-refractivity contribution in [3.8, 4) is 0 Å². The molecule has 158 valence electrons. The van der Waals surface area contributed by atoms with Crippen LogP contribution in [-0.2, 0) is 18.3 Å². The molecule has 0 unspecified atom stereocenters. The van der Waals surface area contributed by atoms with E-state index in [0.29, 0.717) is 23.1 Å². The lowest BCUT2D eigenvalue weighted by atomic mass is 9.97. The van der Waals surface area contributed by atoms with Crippen molar-refractivity contribution in [2.75, 3.05) is 19.4 Å². The Kier molecular flexibility index (Phi) is 6.62. The summed E-state index contributed by atoms with van der Waals surface area (Å²) < 4.78 is 1.34. The number of aromatic nitrogens is 3. The number of carbonyl (C=O) groups is 1. The van der Waals surface area contributed by atoms with Gasteiger partial charge in [0.15, 0.2) is 5.82 Å². The summed E-state index contributed by atoms with van der Waals surface area (Å²) in [7, 11) is 5.72. The number of nitrogens with zero attached hydrogens (tertiary/aromatic N) is 4. The highest BCUT2D eigenvalue weighted by Gasteiger charge is 2.23. The minimum atomic E-state index is -0.165. The zero-order valence-corrected chi connectivity index (χ0v) is 18.2. The standard InChI is InChI=1S/C23H29N5O2/c1-15(29)8-9-17-10-12-18(13-11-17)21(27(3)4)16(2)25-22-20-19(7-6-14-24-20)23(30)28(5)26-22/h6-7,10-14,16,21H,8-9H2,1-5H3,(H,25,26)/t16-,21+/m0/s1. The van der Waals surface area contributed by atoms with Crippen LogP contribution in [0.1, 0.15) is 37.4 Å². The maximum Gasteiger partial charge on any atom is 0.276 e. The second-order valence-electron chi connectivity index (χ2n) is 7.96. The number of anilines is 1. The van der Waals surface area contributed by atoms with Crippen LogP contribution in [0.3, 0.4) is 0 Å². The van der Waals surface area contributed by atoms with Crippen molar-refractivity contribution >= 4 is 22.5 Å². The minimum Gasteiger partial charge on any atom is -0.362 e. The number of aryl methyl sites for hydroxylation is 2. The number of fused-ring (bicyclic) bond motifs is 1. The van der Waals surface area contributed by atoms with Crippen molar-refractivity contribution in [3.63, 3.8) is 0 Å². The van der Waals surface area contributed by atoms with Gasteiger partial charge in [0.05, 0.1) is 11.4 Å². The average molecular weight is 408 g/mol. The number of likely N-dealkylation sites (N-methyl/N-ethyl adjacent to an activating group) is 1. The molecule has 2 aromatic heterocycles. The van der Waals surface area contributed by atoms with Gasteiger partial charge in [-0.1, -0.05) is 24.3 Å². The van der Waals surface area contributed by atoms with Crippen LogP contribution in [-0.4, -0.2) is 45.6 Å². The van der Waals surface area contributed by atoms with Crippen LogP contribution in [0.15, 0.2) is 47.4 Å². The topological polar surface area (TPSA) is 80.1 Å². The Morgan fingerprint density at radius 2 is 1.90 bits per heavy atom. The van der Waals surface area contributed by atoms with E-state index in [1.54, 1.807) is 32.3 Å². The lowest BCUT2D eigenvalue weighted by Crippen LogP contribution is -2.35. The summed E-state index contributed by atoms with van der Waals surface area (Å²) >= 11 is 0. The summed E-state index contributed by atoms with van der Waals surface area (Å²) in [4.78, 5) is 30.1. The first-order valence-corrected chi connectivity index (χ1v) is 10.1. The second-order valence-corrected chi connectivity index (χ2v) is 7.96. The van der Waals surface area contributed by atoms with Crippen LogP contribution in [0.2, 0.25) is 0 Å². The van der Waals surface area contributed by atoms with Crippen molar-refractivity contribution < 1.29 is 4.79 Å².